The monoisotopic (exact) mass is 481 g/mol. The van der Waals surface area contributed by atoms with Gasteiger partial charge in [-0.25, -0.2) is 4.79 Å². The van der Waals surface area contributed by atoms with Gasteiger partial charge in [0, 0.05) is 14.2 Å². The van der Waals surface area contributed by atoms with Gasteiger partial charge < -0.3 is 10.1 Å². The van der Waals surface area contributed by atoms with Gasteiger partial charge in [-0.05, 0) is 68.9 Å². The number of carbonyl (C=O) groups excluding carboxylic acids is 2. The van der Waals surface area contributed by atoms with Crippen molar-refractivity contribution in [1.82, 2.24) is 0 Å². The number of carbonyl (C=O) groups is 2. The van der Waals surface area contributed by atoms with Crippen molar-refractivity contribution in [3.63, 3.8) is 0 Å². The number of amides is 1. The van der Waals surface area contributed by atoms with Crippen molar-refractivity contribution in [3.05, 3.63) is 44.7 Å². The van der Waals surface area contributed by atoms with Crippen molar-refractivity contribution in [3.8, 4) is 0 Å². The van der Waals surface area contributed by atoms with E-state index in [-0.39, 0.29) is 18.0 Å². The first-order valence-electron chi connectivity index (χ1n) is 9.37. The highest BCUT2D eigenvalue weighted by Crippen LogP contribution is 2.40. The van der Waals surface area contributed by atoms with Crippen molar-refractivity contribution >= 4 is 55.9 Å². The molecule has 3 rings (SSSR count). The summed E-state index contributed by atoms with van der Waals surface area (Å²) in [4.78, 5) is 27.5. The van der Waals surface area contributed by atoms with E-state index in [0.29, 0.717) is 22.2 Å². The lowest BCUT2D eigenvalue weighted by Crippen LogP contribution is -2.19. The molecule has 0 saturated heterocycles. The van der Waals surface area contributed by atoms with E-state index in [1.54, 1.807) is 0 Å². The number of anilines is 1. The molecular formula is C21H24BrNO3S2. The summed E-state index contributed by atoms with van der Waals surface area (Å²) in [7, 11) is 0. The van der Waals surface area contributed by atoms with Crippen LogP contribution in [0.5, 0.6) is 0 Å². The number of rotatable bonds is 6. The maximum Gasteiger partial charge on any atom is 0.341 e. The maximum atomic E-state index is 12.7. The summed E-state index contributed by atoms with van der Waals surface area (Å²) in [6.07, 6.45) is 2.67. The molecule has 1 atom stereocenters. The van der Waals surface area contributed by atoms with E-state index in [2.05, 4.69) is 28.2 Å². The number of thiophene rings is 1. The molecule has 4 nitrogen and oxygen atoms in total. The molecule has 0 bridgehead atoms. The fourth-order valence-electron chi connectivity index (χ4n) is 3.17. The molecule has 0 aliphatic heterocycles. The molecule has 0 spiro atoms. The number of fused-ring (bicyclic) bond motifs is 1. The minimum atomic E-state index is -0.335. The van der Waals surface area contributed by atoms with Gasteiger partial charge in [0.2, 0.25) is 5.91 Å². The standard InChI is InChI=1S/C21H24BrNO3S2/c1-12(2)26-21(25)19-16-9-4-13(3)10-17(16)28-20(19)23-18(24)11-27-15-7-5-14(22)6-8-15/h5-8,12-13H,4,9-11H2,1-3H3,(H,23,24). The molecule has 2 aromatic rings. The number of ether oxygens (including phenoxy) is 1. The Morgan fingerprint density at radius 1 is 1.32 bits per heavy atom. The summed E-state index contributed by atoms with van der Waals surface area (Å²) in [6, 6.07) is 7.85. The maximum absolute atomic E-state index is 12.7. The van der Waals surface area contributed by atoms with Crippen LogP contribution in [0.3, 0.4) is 0 Å². The second-order valence-corrected chi connectivity index (χ2v) is 10.4. The highest BCUT2D eigenvalue weighted by Gasteiger charge is 2.29. The van der Waals surface area contributed by atoms with Crippen molar-refractivity contribution in [2.75, 3.05) is 11.1 Å². The third-order valence-electron chi connectivity index (χ3n) is 4.50. The predicted molar refractivity (Wildman–Crippen MR) is 120 cm³/mol. The number of hydrogen-bond acceptors (Lipinski definition) is 5. The fraction of sp³-hybridized carbons (Fsp3) is 0.429. The molecule has 1 aliphatic carbocycles. The Morgan fingerprint density at radius 2 is 2.04 bits per heavy atom. The Kier molecular flexibility index (Phi) is 7.23. The number of benzene rings is 1. The molecular weight excluding hydrogens is 458 g/mol. The molecule has 150 valence electrons. The van der Waals surface area contributed by atoms with E-state index in [1.165, 1.54) is 28.0 Å². The zero-order valence-corrected chi connectivity index (χ0v) is 19.4. The molecule has 0 radical (unpaired) electrons. The normalized spacial score (nSPS) is 16.0. The van der Waals surface area contributed by atoms with Gasteiger partial charge in [0.1, 0.15) is 5.00 Å². The summed E-state index contributed by atoms with van der Waals surface area (Å²) in [6.45, 7) is 5.90. The molecule has 28 heavy (non-hydrogen) atoms. The van der Waals surface area contributed by atoms with Crippen LogP contribution in [0.4, 0.5) is 5.00 Å². The van der Waals surface area contributed by atoms with Crippen molar-refractivity contribution in [2.24, 2.45) is 5.92 Å². The van der Waals surface area contributed by atoms with Crippen LogP contribution in [-0.4, -0.2) is 23.7 Å². The molecule has 0 saturated carbocycles. The first kappa shape index (κ1) is 21.4. The van der Waals surface area contributed by atoms with Gasteiger partial charge >= 0.3 is 5.97 Å². The molecule has 1 N–H and O–H groups in total. The van der Waals surface area contributed by atoms with Crippen LogP contribution in [-0.2, 0) is 22.4 Å². The average Bonchev–Trinajstić information content (AvgIpc) is 2.97. The number of halogens is 1. The van der Waals surface area contributed by atoms with Crippen molar-refractivity contribution < 1.29 is 14.3 Å². The van der Waals surface area contributed by atoms with Gasteiger partial charge in [0.25, 0.3) is 0 Å². The topological polar surface area (TPSA) is 55.4 Å². The second kappa shape index (κ2) is 9.46. The Balaban J connectivity index is 1.75. The zero-order valence-electron chi connectivity index (χ0n) is 16.2. The predicted octanol–water partition coefficient (Wildman–Crippen LogP) is 5.93. The van der Waals surface area contributed by atoms with Crippen LogP contribution in [0.2, 0.25) is 0 Å². The molecule has 0 fully saturated rings. The highest BCUT2D eigenvalue weighted by molar-refractivity contribution is 9.10. The molecule has 1 aliphatic rings. The van der Waals surface area contributed by atoms with E-state index in [1.807, 2.05) is 38.1 Å². The van der Waals surface area contributed by atoms with E-state index in [9.17, 15) is 9.59 Å². The third kappa shape index (κ3) is 5.39. The summed E-state index contributed by atoms with van der Waals surface area (Å²) in [5, 5.41) is 3.60. The van der Waals surface area contributed by atoms with Crippen LogP contribution in [0, 0.1) is 5.92 Å². The Morgan fingerprint density at radius 3 is 2.71 bits per heavy atom. The van der Waals surface area contributed by atoms with Crippen molar-refractivity contribution in [1.29, 1.82) is 0 Å². The van der Waals surface area contributed by atoms with Crippen LogP contribution < -0.4 is 5.32 Å². The summed E-state index contributed by atoms with van der Waals surface area (Å²) in [5.74, 6) is 0.437. The van der Waals surface area contributed by atoms with Crippen LogP contribution in [0.15, 0.2) is 33.6 Å². The molecule has 1 amide bonds. The first-order valence-corrected chi connectivity index (χ1v) is 12.0. The number of thioether (sulfide) groups is 1. The van der Waals surface area contributed by atoms with Crippen LogP contribution in [0.1, 0.15) is 48.0 Å². The average molecular weight is 482 g/mol. The van der Waals surface area contributed by atoms with E-state index in [4.69, 9.17) is 4.74 Å². The SMILES string of the molecule is CC1CCc2c(sc(NC(=O)CSc3ccc(Br)cc3)c2C(=O)OC(C)C)C1. The van der Waals surface area contributed by atoms with Gasteiger partial charge in [0.15, 0.2) is 0 Å². The number of hydrogen-bond donors (Lipinski definition) is 1. The van der Waals surface area contributed by atoms with Gasteiger partial charge in [0.05, 0.1) is 17.4 Å². The van der Waals surface area contributed by atoms with Crippen molar-refractivity contribution in [2.45, 2.75) is 51.0 Å². The van der Waals surface area contributed by atoms with Gasteiger partial charge in [-0.1, -0.05) is 22.9 Å². The minimum absolute atomic E-state index is 0.113. The van der Waals surface area contributed by atoms with Crippen LogP contribution in [0.25, 0.3) is 0 Å². The molecule has 7 heteroatoms. The highest BCUT2D eigenvalue weighted by atomic mass is 79.9. The molecule has 1 heterocycles. The Bertz CT molecular complexity index is 861. The lowest BCUT2D eigenvalue weighted by Gasteiger charge is -2.18. The molecule has 1 aromatic carbocycles. The minimum Gasteiger partial charge on any atom is -0.459 e. The molecule has 1 aromatic heterocycles. The second-order valence-electron chi connectivity index (χ2n) is 7.30. The fourth-order valence-corrected chi connectivity index (χ4v) is 5.55. The largest absolute Gasteiger partial charge is 0.459 e. The first-order chi connectivity index (χ1) is 13.3. The van der Waals surface area contributed by atoms with Gasteiger partial charge in [-0.2, -0.15) is 0 Å². The Labute approximate surface area is 182 Å². The summed E-state index contributed by atoms with van der Waals surface area (Å²) >= 11 is 6.41. The molecule has 1 unspecified atom stereocenters. The van der Waals surface area contributed by atoms with E-state index >= 15 is 0 Å². The smallest absolute Gasteiger partial charge is 0.341 e. The summed E-state index contributed by atoms with van der Waals surface area (Å²) in [5.41, 5.74) is 1.62. The summed E-state index contributed by atoms with van der Waals surface area (Å²) < 4.78 is 6.46. The van der Waals surface area contributed by atoms with Gasteiger partial charge in [-0.15, -0.1) is 23.1 Å². The van der Waals surface area contributed by atoms with Crippen LogP contribution >= 0.6 is 39.0 Å². The quantitative estimate of drug-likeness (QED) is 0.410. The number of nitrogens with one attached hydrogen (secondary N) is 1. The lowest BCUT2D eigenvalue weighted by atomic mass is 9.88. The third-order valence-corrected chi connectivity index (χ3v) is 7.21. The lowest BCUT2D eigenvalue weighted by molar-refractivity contribution is -0.113. The van der Waals surface area contributed by atoms with E-state index in [0.717, 1.165) is 34.2 Å². The number of esters is 1. The van der Waals surface area contributed by atoms with Gasteiger partial charge in [-0.3, -0.25) is 4.79 Å². The van der Waals surface area contributed by atoms with E-state index < -0.39 is 0 Å². The Hall–Kier alpha value is -1.31. The zero-order chi connectivity index (χ0) is 20.3.